The van der Waals surface area contributed by atoms with Gasteiger partial charge in [0, 0.05) is 9.40 Å². The summed E-state index contributed by atoms with van der Waals surface area (Å²) in [6, 6.07) is 12.6. The van der Waals surface area contributed by atoms with E-state index in [1.165, 1.54) is 19.8 Å². The first-order valence-electron chi connectivity index (χ1n) is 6.61. The number of rotatable bonds is 2. The van der Waals surface area contributed by atoms with Crippen molar-refractivity contribution in [2.24, 2.45) is 0 Å². The molecule has 1 aromatic carbocycles. The molecule has 4 rings (SSSR count). The Hall–Kier alpha value is -2.11. The molecule has 3 heterocycles. The van der Waals surface area contributed by atoms with Gasteiger partial charge in [-0.25, -0.2) is 0 Å². The van der Waals surface area contributed by atoms with Gasteiger partial charge in [0.25, 0.3) is 0 Å². The average Bonchev–Trinajstić information content (AvgIpc) is 3.13. The highest BCUT2D eigenvalue weighted by molar-refractivity contribution is 7.28. The maximum atomic E-state index is 6.11. The number of aromatic nitrogens is 2. The molecule has 0 radical (unpaired) electrons. The van der Waals surface area contributed by atoms with Crippen molar-refractivity contribution in [2.45, 2.75) is 6.92 Å². The molecule has 0 aliphatic heterocycles. The van der Waals surface area contributed by atoms with E-state index in [4.69, 9.17) is 5.73 Å². The standard InChI is InChI=1S/C16H13N3S2/c1-9-4-2-3-5-10(9)14-15(18-19-16(14)17)13-8-12-11(21-13)6-7-20-12/h2-8H,1H3,(H3,17,18,19). The van der Waals surface area contributed by atoms with Crippen LogP contribution >= 0.6 is 22.7 Å². The predicted molar refractivity (Wildman–Crippen MR) is 91.9 cm³/mol. The third kappa shape index (κ3) is 1.97. The number of benzene rings is 1. The molecule has 0 atom stereocenters. The molecule has 0 spiro atoms. The van der Waals surface area contributed by atoms with Crippen molar-refractivity contribution in [1.82, 2.24) is 10.2 Å². The number of H-pyrrole nitrogens is 1. The van der Waals surface area contributed by atoms with Crippen LogP contribution in [0.15, 0.2) is 41.8 Å². The molecule has 0 amide bonds. The van der Waals surface area contributed by atoms with Crippen LogP contribution in [0.5, 0.6) is 0 Å². The number of fused-ring (bicyclic) bond motifs is 1. The van der Waals surface area contributed by atoms with Gasteiger partial charge in [-0.3, -0.25) is 5.10 Å². The molecule has 104 valence electrons. The monoisotopic (exact) mass is 311 g/mol. The van der Waals surface area contributed by atoms with Crippen LogP contribution in [0.2, 0.25) is 0 Å². The van der Waals surface area contributed by atoms with E-state index in [1.54, 1.807) is 22.7 Å². The van der Waals surface area contributed by atoms with E-state index in [1.807, 2.05) is 12.1 Å². The summed E-state index contributed by atoms with van der Waals surface area (Å²) in [5.41, 5.74) is 10.5. The maximum absolute atomic E-state index is 6.11. The number of nitrogens with two attached hydrogens (primary N) is 1. The van der Waals surface area contributed by atoms with Gasteiger partial charge in [-0.05, 0) is 35.6 Å². The summed E-state index contributed by atoms with van der Waals surface area (Å²) in [4.78, 5) is 1.18. The highest BCUT2D eigenvalue weighted by Gasteiger charge is 2.18. The fourth-order valence-corrected chi connectivity index (χ4v) is 4.66. The van der Waals surface area contributed by atoms with Gasteiger partial charge in [-0.2, -0.15) is 5.10 Å². The fourth-order valence-electron chi connectivity index (χ4n) is 2.55. The van der Waals surface area contributed by atoms with Crippen molar-refractivity contribution >= 4 is 37.9 Å². The average molecular weight is 311 g/mol. The van der Waals surface area contributed by atoms with Gasteiger partial charge in [-0.15, -0.1) is 22.7 Å². The Morgan fingerprint density at radius 1 is 1.14 bits per heavy atom. The van der Waals surface area contributed by atoms with E-state index in [-0.39, 0.29) is 0 Å². The lowest BCUT2D eigenvalue weighted by Gasteiger charge is -2.06. The van der Waals surface area contributed by atoms with Gasteiger partial charge in [0.15, 0.2) is 5.82 Å². The van der Waals surface area contributed by atoms with Crippen molar-refractivity contribution < 1.29 is 0 Å². The predicted octanol–water partition coefficient (Wildman–Crippen LogP) is 4.91. The van der Waals surface area contributed by atoms with Crippen LogP contribution in [0.3, 0.4) is 0 Å². The zero-order valence-electron chi connectivity index (χ0n) is 11.4. The summed E-state index contributed by atoms with van der Waals surface area (Å²) in [7, 11) is 0. The Bertz CT molecular complexity index is 901. The van der Waals surface area contributed by atoms with Crippen LogP contribution in [-0.2, 0) is 0 Å². The number of nitrogens with one attached hydrogen (secondary N) is 1. The molecule has 0 aliphatic rings. The van der Waals surface area contributed by atoms with Gasteiger partial charge in [-0.1, -0.05) is 24.3 Å². The second-order valence-corrected chi connectivity index (χ2v) is 6.96. The molecule has 4 aromatic rings. The van der Waals surface area contributed by atoms with Crippen molar-refractivity contribution in [3.63, 3.8) is 0 Å². The molecule has 21 heavy (non-hydrogen) atoms. The fraction of sp³-hybridized carbons (Fsp3) is 0.0625. The maximum Gasteiger partial charge on any atom is 0.153 e. The van der Waals surface area contributed by atoms with E-state index < -0.39 is 0 Å². The van der Waals surface area contributed by atoms with Crippen LogP contribution < -0.4 is 5.73 Å². The number of hydrogen-bond acceptors (Lipinski definition) is 4. The number of aromatic amines is 1. The summed E-state index contributed by atoms with van der Waals surface area (Å²) in [5.74, 6) is 0.552. The summed E-state index contributed by atoms with van der Waals surface area (Å²) in [6.07, 6.45) is 0. The third-order valence-electron chi connectivity index (χ3n) is 3.59. The molecule has 3 aromatic heterocycles. The van der Waals surface area contributed by atoms with Crippen LogP contribution in [0, 0.1) is 6.92 Å². The SMILES string of the molecule is Cc1ccccc1-c1c(N)n[nH]c1-c1cc2sccc2s1. The Morgan fingerprint density at radius 3 is 2.81 bits per heavy atom. The van der Waals surface area contributed by atoms with E-state index in [0.29, 0.717) is 5.82 Å². The van der Waals surface area contributed by atoms with Crippen LogP contribution in [0.4, 0.5) is 5.82 Å². The minimum atomic E-state index is 0.552. The van der Waals surface area contributed by atoms with Crippen molar-refractivity contribution in [2.75, 3.05) is 5.73 Å². The van der Waals surface area contributed by atoms with Crippen LogP contribution in [-0.4, -0.2) is 10.2 Å². The second-order valence-electron chi connectivity index (χ2n) is 4.93. The number of thiophene rings is 2. The minimum Gasteiger partial charge on any atom is -0.382 e. The van der Waals surface area contributed by atoms with E-state index in [2.05, 4.69) is 46.8 Å². The summed E-state index contributed by atoms with van der Waals surface area (Å²) < 4.78 is 2.61. The smallest absolute Gasteiger partial charge is 0.153 e. The molecule has 0 aliphatic carbocycles. The lowest BCUT2D eigenvalue weighted by molar-refractivity contribution is 1.11. The molecular formula is C16H13N3S2. The molecule has 3 nitrogen and oxygen atoms in total. The second kappa shape index (κ2) is 4.72. The van der Waals surface area contributed by atoms with Crippen molar-refractivity contribution in [3.05, 3.63) is 47.3 Å². The first-order chi connectivity index (χ1) is 10.2. The van der Waals surface area contributed by atoms with Crippen molar-refractivity contribution in [3.8, 4) is 21.7 Å². The Morgan fingerprint density at radius 2 is 2.00 bits per heavy atom. The summed E-state index contributed by atoms with van der Waals surface area (Å²) in [5, 5.41) is 9.45. The molecule has 0 saturated carbocycles. The molecule has 3 N–H and O–H groups in total. The molecular weight excluding hydrogens is 298 g/mol. The summed E-state index contributed by atoms with van der Waals surface area (Å²) in [6.45, 7) is 2.10. The highest BCUT2D eigenvalue weighted by Crippen LogP contribution is 2.42. The van der Waals surface area contributed by atoms with Gasteiger partial charge < -0.3 is 5.73 Å². The number of nitrogens with zero attached hydrogens (tertiary/aromatic N) is 1. The third-order valence-corrected chi connectivity index (χ3v) is 5.71. The lowest BCUT2D eigenvalue weighted by Crippen LogP contribution is -1.90. The van der Waals surface area contributed by atoms with Gasteiger partial charge >= 0.3 is 0 Å². The Balaban J connectivity index is 1.95. The first-order valence-corrected chi connectivity index (χ1v) is 8.31. The quantitative estimate of drug-likeness (QED) is 0.552. The van der Waals surface area contributed by atoms with Crippen molar-refractivity contribution in [1.29, 1.82) is 0 Å². The molecule has 0 unspecified atom stereocenters. The zero-order valence-corrected chi connectivity index (χ0v) is 13.0. The van der Waals surface area contributed by atoms with E-state index in [9.17, 15) is 0 Å². The van der Waals surface area contributed by atoms with E-state index >= 15 is 0 Å². The van der Waals surface area contributed by atoms with Gasteiger partial charge in [0.1, 0.15) is 0 Å². The highest BCUT2D eigenvalue weighted by atomic mass is 32.1. The normalized spacial score (nSPS) is 11.3. The Labute approximate surface area is 130 Å². The molecule has 5 heteroatoms. The number of nitrogen functional groups attached to an aromatic ring is 1. The molecule has 0 saturated heterocycles. The van der Waals surface area contributed by atoms with Gasteiger partial charge in [0.2, 0.25) is 0 Å². The Kier molecular flexibility index (Phi) is 2.83. The summed E-state index contributed by atoms with van der Waals surface area (Å²) >= 11 is 3.53. The largest absolute Gasteiger partial charge is 0.382 e. The number of hydrogen-bond donors (Lipinski definition) is 2. The number of aryl methyl sites for hydroxylation is 1. The molecule has 0 fully saturated rings. The zero-order chi connectivity index (χ0) is 14.4. The van der Waals surface area contributed by atoms with Crippen LogP contribution in [0.25, 0.3) is 31.1 Å². The number of anilines is 1. The topological polar surface area (TPSA) is 54.7 Å². The van der Waals surface area contributed by atoms with Gasteiger partial charge in [0.05, 0.1) is 16.1 Å². The van der Waals surface area contributed by atoms with E-state index in [0.717, 1.165) is 16.8 Å². The minimum absolute atomic E-state index is 0.552. The lowest BCUT2D eigenvalue weighted by atomic mass is 10.00. The first kappa shape index (κ1) is 12.6. The molecule has 0 bridgehead atoms. The van der Waals surface area contributed by atoms with Crippen LogP contribution in [0.1, 0.15) is 5.56 Å².